The van der Waals surface area contributed by atoms with Crippen LogP contribution in [0.5, 0.6) is 0 Å². The first-order valence-corrected chi connectivity index (χ1v) is 6.25. The molecule has 1 rings (SSSR count). The van der Waals surface area contributed by atoms with Gasteiger partial charge in [-0.25, -0.2) is 0 Å². The van der Waals surface area contributed by atoms with E-state index in [2.05, 4.69) is 18.7 Å². The van der Waals surface area contributed by atoms with Crippen LogP contribution in [0.1, 0.15) is 25.8 Å². The summed E-state index contributed by atoms with van der Waals surface area (Å²) >= 11 is 5.07. The summed E-state index contributed by atoms with van der Waals surface area (Å²) in [6.45, 7) is 5.23. The fourth-order valence-corrected chi connectivity index (χ4v) is 2.00. The second-order valence-electron chi connectivity index (χ2n) is 4.25. The second-order valence-corrected chi connectivity index (χ2v) is 4.69. The van der Waals surface area contributed by atoms with E-state index in [-0.39, 0.29) is 6.61 Å². The van der Waals surface area contributed by atoms with Crippen LogP contribution in [-0.2, 0) is 0 Å². The molecule has 0 aliphatic heterocycles. The Kier molecular flexibility index (Phi) is 5.38. The summed E-state index contributed by atoms with van der Waals surface area (Å²) in [4.78, 5) is 2.63. The highest BCUT2D eigenvalue weighted by atomic mass is 32.1. The van der Waals surface area contributed by atoms with Gasteiger partial charge in [-0.15, -0.1) is 0 Å². The van der Waals surface area contributed by atoms with Crippen LogP contribution >= 0.6 is 12.2 Å². The van der Waals surface area contributed by atoms with Crippen LogP contribution in [0.2, 0.25) is 0 Å². The van der Waals surface area contributed by atoms with E-state index in [9.17, 15) is 0 Å². The summed E-state index contributed by atoms with van der Waals surface area (Å²) in [5.74, 6) is 0. The SMILES string of the molecule is CC(C)N(CCCO)c1ccccc1C(N)=S. The van der Waals surface area contributed by atoms with Crippen LogP contribution in [0.15, 0.2) is 24.3 Å². The Morgan fingerprint density at radius 3 is 2.59 bits per heavy atom. The molecule has 0 aliphatic carbocycles. The molecule has 1 aromatic carbocycles. The van der Waals surface area contributed by atoms with Crippen molar-refractivity contribution in [2.24, 2.45) is 5.73 Å². The normalized spacial score (nSPS) is 10.6. The Balaban J connectivity index is 3.04. The molecule has 0 unspecified atom stereocenters. The smallest absolute Gasteiger partial charge is 0.106 e. The van der Waals surface area contributed by atoms with Gasteiger partial charge in [0.2, 0.25) is 0 Å². The molecular formula is C13H20N2OS. The summed E-state index contributed by atoms with van der Waals surface area (Å²) in [5.41, 5.74) is 7.68. The number of rotatable bonds is 6. The van der Waals surface area contributed by atoms with Gasteiger partial charge in [-0.1, -0.05) is 24.4 Å². The van der Waals surface area contributed by atoms with Crippen LogP contribution in [0.3, 0.4) is 0 Å². The average Bonchev–Trinajstić information content (AvgIpc) is 2.29. The maximum atomic E-state index is 8.95. The van der Waals surface area contributed by atoms with E-state index < -0.39 is 0 Å². The summed E-state index contributed by atoms with van der Waals surface area (Å²) in [5, 5.41) is 8.95. The van der Waals surface area contributed by atoms with Gasteiger partial charge in [0, 0.05) is 30.4 Å². The molecule has 94 valence electrons. The highest BCUT2D eigenvalue weighted by Gasteiger charge is 2.14. The molecule has 3 nitrogen and oxygen atoms in total. The lowest BCUT2D eigenvalue weighted by atomic mass is 10.1. The average molecular weight is 252 g/mol. The van der Waals surface area contributed by atoms with E-state index in [0.717, 1.165) is 24.2 Å². The number of anilines is 1. The third kappa shape index (κ3) is 3.68. The van der Waals surface area contributed by atoms with Crippen molar-refractivity contribution < 1.29 is 5.11 Å². The first-order chi connectivity index (χ1) is 8.07. The summed E-state index contributed by atoms with van der Waals surface area (Å²) in [6.07, 6.45) is 0.740. The molecule has 0 aliphatic rings. The van der Waals surface area contributed by atoms with E-state index in [0.29, 0.717) is 11.0 Å². The van der Waals surface area contributed by atoms with Gasteiger partial charge in [0.05, 0.1) is 0 Å². The fourth-order valence-electron chi connectivity index (χ4n) is 1.83. The standard InChI is InChI=1S/C13H20N2OS/c1-10(2)15(8-5-9-16)12-7-4-3-6-11(12)13(14)17/h3-4,6-7,10,16H,5,8-9H2,1-2H3,(H2,14,17). The highest BCUT2D eigenvalue weighted by molar-refractivity contribution is 7.80. The zero-order valence-electron chi connectivity index (χ0n) is 10.4. The molecule has 0 aromatic heterocycles. The zero-order chi connectivity index (χ0) is 12.8. The maximum absolute atomic E-state index is 8.95. The number of nitrogens with two attached hydrogens (primary N) is 1. The Morgan fingerprint density at radius 1 is 1.41 bits per heavy atom. The van der Waals surface area contributed by atoms with Crippen molar-refractivity contribution in [1.29, 1.82) is 0 Å². The summed E-state index contributed by atoms with van der Waals surface area (Å²) < 4.78 is 0. The van der Waals surface area contributed by atoms with Gasteiger partial charge in [0.25, 0.3) is 0 Å². The Bertz CT molecular complexity index is 379. The number of benzene rings is 1. The summed E-state index contributed by atoms with van der Waals surface area (Å²) in [7, 11) is 0. The number of hydrogen-bond donors (Lipinski definition) is 2. The van der Waals surface area contributed by atoms with Crippen molar-refractivity contribution in [3.63, 3.8) is 0 Å². The molecule has 0 saturated heterocycles. The predicted molar refractivity (Wildman–Crippen MR) is 76.5 cm³/mol. The van der Waals surface area contributed by atoms with Gasteiger partial charge < -0.3 is 15.7 Å². The van der Waals surface area contributed by atoms with E-state index in [1.165, 1.54) is 0 Å². The van der Waals surface area contributed by atoms with Crippen molar-refractivity contribution in [3.8, 4) is 0 Å². The number of hydrogen-bond acceptors (Lipinski definition) is 3. The van der Waals surface area contributed by atoms with Crippen molar-refractivity contribution in [2.45, 2.75) is 26.3 Å². The number of aliphatic hydroxyl groups is 1. The predicted octanol–water partition coefficient (Wildman–Crippen LogP) is 1.92. The molecule has 0 amide bonds. The first-order valence-electron chi connectivity index (χ1n) is 5.84. The van der Waals surface area contributed by atoms with Gasteiger partial charge in [-0.3, -0.25) is 0 Å². The van der Waals surface area contributed by atoms with Gasteiger partial charge in [-0.2, -0.15) is 0 Å². The van der Waals surface area contributed by atoms with Gasteiger partial charge >= 0.3 is 0 Å². The van der Waals surface area contributed by atoms with Crippen molar-refractivity contribution in [3.05, 3.63) is 29.8 Å². The van der Waals surface area contributed by atoms with Crippen LogP contribution in [-0.4, -0.2) is 29.3 Å². The summed E-state index contributed by atoms with van der Waals surface area (Å²) in [6, 6.07) is 8.21. The monoisotopic (exact) mass is 252 g/mol. The molecule has 17 heavy (non-hydrogen) atoms. The molecule has 0 radical (unpaired) electrons. The van der Waals surface area contributed by atoms with E-state index in [1.54, 1.807) is 0 Å². The topological polar surface area (TPSA) is 49.5 Å². The van der Waals surface area contributed by atoms with E-state index >= 15 is 0 Å². The lowest BCUT2D eigenvalue weighted by Gasteiger charge is -2.30. The minimum Gasteiger partial charge on any atom is -0.396 e. The quantitative estimate of drug-likeness (QED) is 0.759. The third-order valence-electron chi connectivity index (χ3n) is 2.66. The van der Waals surface area contributed by atoms with Gasteiger partial charge in [0.15, 0.2) is 0 Å². The van der Waals surface area contributed by atoms with Gasteiger partial charge in [0.1, 0.15) is 4.99 Å². The first kappa shape index (κ1) is 13.9. The number of thiocarbonyl (C=S) groups is 1. The number of nitrogens with zero attached hydrogens (tertiary/aromatic N) is 1. The molecule has 4 heteroatoms. The molecular weight excluding hydrogens is 232 g/mol. The lowest BCUT2D eigenvalue weighted by Crippen LogP contribution is -2.34. The minimum atomic E-state index is 0.193. The number of aliphatic hydroxyl groups excluding tert-OH is 1. The molecule has 0 bridgehead atoms. The van der Waals surface area contributed by atoms with Crippen LogP contribution in [0.25, 0.3) is 0 Å². The van der Waals surface area contributed by atoms with E-state index in [4.69, 9.17) is 23.1 Å². The molecule has 0 heterocycles. The Labute approximate surface area is 108 Å². The molecule has 0 spiro atoms. The lowest BCUT2D eigenvalue weighted by molar-refractivity contribution is 0.288. The molecule has 0 saturated carbocycles. The van der Waals surface area contributed by atoms with Gasteiger partial charge in [-0.05, 0) is 32.4 Å². The molecule has 0 atom stereocenters. The Hall–Kier alpha value is -1.13. The molecule has 3 N–H and O–H groups in total. The van der Waals surface area contributed by atoms with E-state index in [1.807, 2.05) is 24.3 Å². The van der Waals surface area contributed by atoms with Crippen LogP contribution in [0, 0.1) is 0 Å². The number of para-hydroxylation sites is 1. The Morgan fingerprint density at radius 2 is 2.06 bits per heavy atom. The molecule has 0 fully saturated rings. The third-order valence-corrected chi connectivity index (χ3v) is 2.88. The maximum Gasteiger partial charge on any atom is 0.106 e. The fraction of sp³-hybridized carbons (Fsp3) is 0.462. The second kappa shape index (κ2) is 6.57. The largest absolute Gasteiger partial charge is 0.396 e. The van der Waals surface area contributed by atoms with Crippen molar-refractivity contribution >= 4 is 22.9 Å². The zero-order valence-corrected chi connectivity index (χ0v) is 11.2. The van der Waals surface area contributed by atoms with Crippen molar-refractivity contribution in [1.82, 2.24) is 0 Å². The van der Waals surface area contributed by atoms with Crippen LogP contribution < -0.4 is 10.6 Å². The van der Waals surface area contributed by atoms with Crippen molar-refractivity contribution in [2.75, 3.05) is 18.1 Å². The van der Waals surface area contributed by atoms with Crippen LogP contribution in [0.4, 0.5) is 5.69 Å². The minimum absolute atomic E-state index is 0.193. The molecule has 1 aromatic rings. The highest BCUT2D eigenvalue weighted by Crippen LogP contribution is 2.22.